The molecule has 0 N–H and O–H groups in total. The third-order valence-corrected chi connectivity index (χ3v) is 15.1. The molecule has 0 aliphatic carbocycles. The number of hydrogen-bond donors (Lipinski definition) is 0. The topological polar surface area (TPSA) is 18.5 Å². The van der Waals surface area contributed by atoms with Crippen LogP contribution in [0, 0.1) is 95.3 Å². The summed E-state index contributed by atoms with van der Waals surface area (Å²) in [5.41, 5.74) is 8.22. The first-order valence-electron chi connectivity index (χ1n) is 31.7. The zero-order valence-electron chi connectivity index (χ0n) is 56.0. The van der Waals surface area contributed by atoms with Crippen LogP contribution in [-0.4, -0.2) is 14.2 Å². The van der Waals surface area contributed by atoms with Crippen LogP contribution in [0.1, 0.15) is 86.1 Å². The second-order valence-corrected chi connectivity index (χ2v) is 21.1. The van der Waals surface area contributed by atoms with E-state index in [-0.39, 0.29) is 44.9 Å². The van der Waals surface area contributed by atoms with Gasteiger partial charge in [0.2, 0.25) is 11.6 Å². The van der Waals surface area contributed by atoms with Crippen LogP contribution in [0.25, 0.3) is 44.5 Å². The molecule has 0 aromatic heterocycles. The lowest BCUT2D eigenvalue weighted by molar-refractivity contribution is 0.372. The molecule has 0 bridgehead atoms. The Bertz CT molecular complexity index is 4310. The molecule has 0 aliphatic heterocycles. The van der Waals surface area contributed by atoms with Gasteiger partial charge in [0, 0.05) is 22.3 Å². The van der Waals surface area contributed by atoms with E-state index in [4.69, 9.17) is 4.74 Å². The van der Waals surface area contributed by atoms with Crippen LogP contribution in [0.5, 0.6) is 11.5 Å². The molecule has 0 radical (unpaired) electrons. The molecule has 0 atom stereocenters. The Morgan fingerprint density at radius 1 is 0.224 bits per heavy atom. The fourth-order valence-corrected chi connectivity index (χ4v) is 9.75. The number of ether oxygens (including phenoxy) is 2. The molecule has 98 heavy (non-hydrogen) atoms. The van der Waals surface area contributed by atoms with Crippen LogP contribution in [0.3, 0.4) is 0 Å². The minimum atomic E-state index is -1.03. The Labute approximate surface area is 564 Å². The second kappa shape index (κ2) is 39.3. The predicted molar refractivity (Wildman–Crippen MR) is 365 cm³/mol. The first kappa shape index (κ1) is 78.7. The molecule has 0 heterocycles. The van der Waals surface area contributed by atoms with Gasteiger partial charge in [-0.2, -0.15) is 8.78 Å². The maximum absolute atomic E-state index is 14.2. The lowest BCUT2D eigenvalue weighted by Crippen LogP contribution is -1.98. The van der Waals surface area contributed by atoms with Crippen LogP contribution >= 0.6 is 0 Å². The van der Waals surface area contributed by atoms with Crippen molar-refractivity contribution in [3.63, 3.8) is 0 Å². The number of aryl methyl sites for hydroxylation is 8. The summed E-state index contributed by atoms with van der Waals surface area (Å²) >= 11 is 0. The van der Waals surface area contributed by atoms with Gasteiger partial charge in [0.05, 0.1) is 14.2 Å². The molecule has 0 saturated carbocycles. The minimum Gasteiger partial charge on any atom is -0.494 e. The maximum Gasteiger partial charge on any atom is 0.201 e. The van der Waals surface area contributed by atoms with Crippen molar-refractivity contribution in [1.29, 1.82) is 0 Å². The molecule has 514 valence electrons. The van der Waals surface area contributed by atoms with Crippen molar-refractivity contribution in [3.05, 3.63) is 332 Å². The molecule has 2 nitrogen and oxygen atoms in total. The number of benzene rings is 11. The van der Waals surface area contributed by atoms with Crippen molar-refractivity contribution < 1.29 is 70.9 Å². The van der Waals surface area contributed by atoms with Gasteiger partial charge in [0.25, 0.3) is 0 Å². The summed E-state index contributed by atoms with van der Waals surface area (Å²) < 4.78 is 199. The largest absolute Gasteiger partial charge is 0.494 e. The van der Waals surface area contributed by atoms with E-state index < -0.39 is 81.4 Å². The fraction of sp³-hybridized carbons (Fsp3) is 0.195. The van der Waals surface area contributed by atoms with E-state index >= 15 is 0 Å². The first-order chi connectivity index (χ1) is 47.2. The molecule has 0 saturated heterocycles. The van der Waals surface area contributed by atoms with Gasteiger partial charge in [0.15, 0.2) is 81.3 Å². The third kappa shape index (κ3) is 21.0. The zero-order valence-corrected chi connectivity index (χ0v) is 56.0. The third-order valence-electron chi connectivity index (χ3n) is 15.1. The van der Waals surface area contributed by atoms with Crippen molar-refractivity contribution in [3.8, 4) is 56.0 Å². The predicted octanol–water partition coefficient (Wildman–Crippen LogP) is 24.4. The van der Waals surface area contributed by atoms with Crippen LogP contribution < -0.4 is 9.47 Å². The van der Waals surface area contributed by atoms with E-state index in [1.165, 1.54) is 76.6 Å². The number of halogens is 14. The van der Waals surface area contributed by atoms with Gasteiger partial charge in [-0.25, -0.2) is 52.7 Å². The minimum absolute atomic E-state index is 0.0694. The highest BCUT2D eigenvalue weighted by Crippen LogP contribution is 2.33. The summed E-state index contributed by atoms with van der Waals surface area (Å²) in [5.74, 6) is -12.5. The summed E-state index contributed by atoms with van der Waals surface area (Å²) in [7, 11) is 2.56. The lowest BCUT2D eigenvalue weighted by atomic mass is 9.98. The van der Waals surface area contributed by atoms with E-state index in [1.54, 1.807) is 109 Å². The number of rotatable bonds is 15. The van der Waals surface area contributed by atoms with Gasteiger partial charge in [-0.3, -0.25) is 0 Å². The zero-order chi connectivity index (χ0) is 72.2. The van der Waals surface area contributed by atoms with E-state index in [2.05, 4.69) is 4.74 Å². The second-order valence-electron chi connectivity index (χ2n) is 21.1. The SMILES string of the molecule is CC.CC.CC.COc1ccc(-c2ccc(CCc3cccc(F)c3F)cc2)c(F)c1F.COc1cccc(F)c1F.Cc1ccc(-c2ccc(CCc3ccc(-c4cccc(F)c4F)cc3)cc2)c(F)c1F.Cc1ccc(-c2ccc(CCc3cccc(F)c3F)cc2)c(F)c1F. The van der Waals surface area contributed by atoms with Crippen LogP contribution in [0.2, 0.25) is 0 Å². The first-order valence-corrected chi connectivity index (χ1v) is 31.7. The van der Waals surface area contributed by atoms with Gasteiger partial charge in [-0.15, -0.1) is 0 Å². The smallest absolute Gasteiger partial charge is 0.201 e. The summed E-state index contributed by atoms with van der Waals surface area (Å²) in [5, 5.41) is 0. The molecule has 16 heteroatoms. The average molecular weight is 1360 g/mol. The summed E-state index contributed by atoms with van der Waals surface area (Å²) in [6.07, 6.45) is 3.24. The molecule has 11 aromatic rings. The van der Waals surface area contributed by atoms with Crippen LogP contribution in [0.4, 0.5) is 61.5 Å². The fourth-order valence-electron chi connectivity index (χ4n) is 9.75. The van der Waals surface area contributed by atoms with Crippen LogP contribution in [0.15, 0.2) is 206 Å². The van der Waals surface area contributed by atoms with Crippen molar-refractivity contribution in [2.45, 2.75) is 93.9 Å². The van der Waals surface area contributed by atoms with Gasteiger partial charge in [-0.1, -0.05) is 205 Å². The Morgan fingerprint density at radius 3 is 0.827 bits per heavy atom. The quantitative estimate of drug-likeness (QED) is 0.0953. The highest BCUT2D eigenvalue weighted by Gasteiger charge is 2.18. The summed E-state index contributed by atoms with van der Waals surface area (Å²) in [6, 6.07) is 53.8. The Morgan fingerprint density at radius 2 is 0.490 bits per heavy atom. The summed E-state index contributed by atoms with van der Waals surface area (Å²) in [6.45, 7) is 15.0. The van der Waals surface area contributed by atoms with E-state index in [1.807, 2.05) is 65.8 Å². The molecule has 0 fully saturated rings. The average Bonchev–Trinajstić information content (AvgIpc) is 0.849. The number of hydrogen-bond acceptors (Lipinski definition) is 2. The highest BCUT2D eigenvalue weighted by molar-refractivity contribution is 5.68. The highest BCUT2D eigenvalue weighted by atomic mass is 19.2. The van der Waals surface area contributed by atoms with Crippen molar-refractivity contribution in [2.75, 3.05) is 14.2 Å². The molecular weight excluding hydrogens is 1280 g/mol. The summed E-state index contributed by atoms with van der Waals surface area (Å²) in [4.78, 5) is 0. The van der Waals surface area contributed by atoms with E-state index in [0.29, 0.717) is 59.1 Å². The monoisotopic (exact) mass is 1360 g/mol. The van der Waals surface area contributed by atoms with Crippen molar-refractivity contribution in [1.82, 2.24) is 0 Å². The van der Waals surface area contributed by atoms with Gasteiger partial charge in [0.1, 0.15) is 0 Å². The maximum atomic E-state index is 14.2. The van der Waals surface area contributed by atoms with Crippen molar-refractivity contribution >= 4 is 0 Å². The van der Waals surface area contributed by atoms with Gasteiger partial charge >= 0.3 is 0 Å². The molecule has 0 aliphatic rings. The Kier molecular flexibility index (Phi) is 31.6. The molecule has 0 spiro atoms. The van der Waals surface area contributed by atoms with E-state index in [0.717, 1.165) is 59.4 Å². The number of methoxy groups -OCH3 is 2. The standard InChI is InChI=1S/C27H20F4.C21H16F4O.C21H16F4.C7H6F2O.3C2H6/c1-17-5-16-23(27(31)25(17)29)21-14-10-19(11-15-21)7-6-18-8-12-20(13-9-18)22-3-2-4-24(28)26(22)30;1-26-18-12-11-16(20(24)21(18)25)14-8-5-13(6-9-14)7-10-15-3-2-4-17(22)19(15)23;1-13-5-12-17(21(25)19(13)23)15-9-6-14(7-10-15)8-11-16-3-2-4-18(22)20(16)24;1-10-6-4-2-3-5(8)7(6)9;3*1-2/h2-5,8-16H,6-7H2,1H3;2-6,8-9,11-12H,7,10H2,1H3;2-7,9-10,12H,8,11H2,1H3;2-4H,1H3;3*1-2H3. The normalized spacial score (nSPS) is 10.3. The molecule has 11 aromatic carbocycles. The molecule has 11 rings (SSSR count). The van der Waals surface area contributed by atoms with Crippen molar-refractivity contribution in [2.24, 2.45) is 0 Å². The Hall–Kier alpha value is -9.96. The van der Waals surface area contributed by atoms with Crippen LogP contribution in [-0.2, 0) is 38.5 Å². The molecule has 0 amide bonds. The van der Waals surface area contributed by atoms with Gasteiger partial charge in [-0.05, 0) is 162 Å². The molecule has 0 unspecified atom stereocenters. The lowest BCUT2D eigenvalue weighted by Gasteiger charge is -2.09. The van der Waals surface area contributed by atoms with Gasteiger partial charge < -0.3 is 9.47 Å². The van der Waals surface area contributed by atoms with E-state index in [9.17, 15) is 61.5 Å². The molecular formula is C82H76F14O2. The Balaban J connectivity index is 0.000000240.